The molecule has 32 heavy (non-hydrogen) atoms. The first-order valence-corrected chi connectivity index (χ1v) is 10.3. The van der Waals surface area contributed by atoms with Crippen LogP contribution in [0.1, 0.15) is 47.5 Å². The fourth-order valence-corrected chi connectivity index (χ4v) is 3.80. The van der Waals surface area contributed by atoms with Crippen LogP contribution in [-0.4, -0.2) is 73.7 Å². The summed E-state index contributed by atoms with van der Waals surface area (Å²) in [7, 11) is 3.02. The van der Waals surface area contributed by atoms with E-state index in [0.717, 1.165) is 27.8 Å². The van der Waals surface area contributed by atoms with Gasteiger partial charge in [0.2, 0.25) is 5.60 Å². The molecule has 0 aromatic rings. The van der Waals surface area contributed by atoms with Crippen molar-refractivity contribution in [2.45, 2.75) is 71.1 Å². The molecule has 1 unspecified atom stereocenters. The van der Waals surface area contributed by atoms with Gasteiger partial charge >= 0.3 is 17.9 Å². The van der Waals surface area contributed by atoms with Crippen LogP contribution >= 0.6 is 0 Å². The van der Waals surface area contributed by atoms with Gasteiger partial charge in [-0.1, -0.05) is 20.8 Å². The number of carbonyl (C=O) groups is 4. The summed E-state index contributed by atoms with van der Waals surface area (Å²) in [5.74, 6) is -5.06. The van der Waals surface area contributed by atoms with Crippen molar-refractivity contribution in [2.24, 2.45) is 11.8 Å². The lowest BCUT2D eigenvalue weighted by Gasteiger charge is -2.33. The van der Waals surface area contributed by atoms with Crippen LogP contribution in [-0.2, 0) is 42.9 Å². The van der Waals surface area contributed by atoms with E-state index in [2.05, 4.69) is 9.47 Å². The van der Waals surface area contributed by atoms with E-state index in [1.54, 1.807) is 0 Å². The van der Waals surface area contributed by atoms with Gasteiger partial charge in [0.15, 0.2) is 11.6 Å². The Hall–Kier alpha value is -2.30. The average Bonchev–Trinajstić information content (AvgIpc) is 3.05. The SMILES string of the molecule is COC(=O)/C=C(\C(=O)OC)[C@@](O)(C(=O)OC)[C@@H]1OC(C)(C)O[C@H]1C(=O)CC(C)CC(C)C. The van der Waals surface area contributed by atoms with Crippen LogP contribution in [0.3, 0.4) is 0 Å². The number of esters is 3. The molecule has 0 bridgehead atoms. The molecule has 10 heteroatoms. The highest BCUT2D eigenvalue weighted by atomic mass is 16.8. The highest BCUT2D eigenvalue weighted by Gasteiger charge is 2.62. The maximum absolute atomic E-state index is 13.1. The highest BCUT2D eigenvalue weighted by molar-refractivity contribution is 6.05. The molecule has 1 heterocycles. The molecule has 0 amide bonds. The molecule has 10 nitrogen and oxygen atoms in total. The van der Waals surface area contributed by atoms with Crippen molar-refractivity contribution in [3.05, 3.63) is 11.6 Å². The zero-order chi connectivity index (χ0) is 24.9. The van der Waals surface area contributed by atoms with Crippen LogP contribution in [0.5, 0.6) is 0 Å². The zero-order valence-corrected chi connectivity index (χ0v) is 19.9. The lowest BCUT2D eigenvalue weighted by molar-refractivity contribution is -0.187. The molecule has 1 rings (SSSR count). The fourth-order valence-electron chi connectivity index (χ4n) is 3.80. The van der Waals surface area contributed by atoms with E-state index in [-0.39, 0.29) is 12.3 Å². The minimum Gasteiger partial charge on any atom is -0.467 e. The third-order valence-corrected chi connectivity index (χ3v) is 5.02. The molecule has 4 atom stereocenters. The van der Waals surface area contributed by atoms with Gasteiger partial charge in [-0.25, -0.2) is 14.4 Å². The van der Waals surface area contributed by atoms with Gasteiger partial charge in [-0.2, -0.15) is 0 Å². The Kier molecular flexibility index (Phi) is 9.55. The van der Waals surface area contributed by atoms with Crippen LogP contribution in [0.25, 0.3) is 0 Å². The number of aliphatic hydroxyl groups is 1. The average molecular weight is 459 g/mol. The van der Waals surface area contributed by atoms with Crippen LogP contribution in [0.2, 0.25) is 0 Å². The topological polar surface area (TPSA) is 135 Å². The largest absolute Gasteiger partial charge is 0.467 e. The van der Waals surface area contributed by atoms with E-state index in [0.29, 0.717) is 12.0 Å². The molecule has 0 spiro atoms. The summed E-state index contributed by atoms with van der Waals surface area (Å²) in [6.07, 6.45) is -1.66. The third-order valence-electron chi connectivity index (χ3n) is 5.02. The molecule has 0 aromatic heterocycles. The minimum absolute atomic E-state index is 0.00706. The van der Waals surface area contributed by atoms with Crippen molar-refractivity contribution in [3.63, 3.8) is 0 Å². The molecule has 1 N–H and O–H groups in total. The summed E-state index contributed by atoms with van der Waals surface area (Å²) < 4.78 is 25.3. The first kappa shape index (κ1) is 27.7. The first-order chi connectivity index (χ1) is 14.7. The fraction of sp³-hybridized carbons (Fsp3) is 0.727. The van der Waals surface area contributed by atoms with Crippen molar-refractivity contribution < 1.29 is 48.0 Å². The molecule has 1 fully saturated rings. The number of carbonyl (C=O) groups excluding carboxylic acids is 4. The minimum atomic E-state index is -2.90. The van der Waals surface area contributed by atoms with E-state index < -0.39 is 52.9 Å². The smallest absolute Gasteiger partial charge is 0.345 e. The second-order valence-corrected chi connectivity index (χ2v) is 8.71. The molecule has 0 saturated carbocycles. The van der Waals surface area contributed by atoms with Crippen LogP contribution in [0.4, 0.5) is 0 Å². The standard InChI is InChI=1S/C22H34O10/c1-12(2)9-13(3)10-15(23)17-18(32-21(4,5)31-17)22(27,20(26)30-8)14(19(25)29-7)11-16(24)28-6/h11-13,17-18,27H,9-10H2,1-8H3/b14-11+/t13?,17-,18+,22-/m0/s1. The Morgan fingerprint density at radius 2 is 1.62 bits per heavy atom. The zero-order valence-electron chi connectivity index (χ0n) is 19.9. The van der Waals surface area contributed by atoms with Gasteiger partial charge in [-0.15, -0.1) is 0 Å². The molecule has 182 valence electrons. The summed E-state index contributed by atoms with van der Waals surface area (Å²) in [5.41, 5.74) is -3.70. The maximum atomic E-state index is 13.1. The van der Waals surface area contributed by atoms with Crippen molar-refractivity contribution >= 4 is 23.7 Å². The van der Waals surface area contributed by atoms with Gasteiger partial charge in [0, 0.05) is 12.5 Å². The molecule has 1 saturated heterocycles. The summed E-state index contributed by atoms with van der Waals surface area (Å²) in [6.45, 7) is 8.93. The normalized spacial score (nSPS) is 23.2. The molecule has 1 aliphatic heterocycles. The van der Waals surface area contributed by atoms with Crippen molar-refractivity contribution in [1.29, 1.82) is 0 Å². The predicted octanol–water partition coefficient (Wildman–Crippen LogP) is 1.32. The van der Waals surface area contributed by atoms with Gasteiger partial charge in [-0.3, -0.25) is 4.79 Å². The summed E-state index contributed by atoms with van der Waals surface area (Å²) >= 11 is 0. The van der Waals surface area contributed by atoms with E-state index in [1.165, 1.54) is 13.8 Å². The molecule has 1 aliphatic rings. The Bertz CT molecular complexity index is 754. The summed E-state index contributed by atoms with van der Waals surface area (Å²) in [6, 6.07) is 0. The van der Waals surface area contributed by atoms with Crippen molar-refractivity contribution in [3.8, 4) is 0 Å². The van der Waals surface area contributed by atoms with Gasteiger partial charge in [-0.05, 0) is 32.1 Å². The first-order valence-electron chi connectivity index (χ1n) is 10.3. The van der Waals surface area contributed by atoms with Crippen LogP contribution in [0.15, 0.2) is 11.6 Å². The van der Waals surface area contributed by atoms with Gasteiger partial charge in [0.05, 0.1) is 26.9 Å². The van der Waals surface area contributed by atoms with E-state index in [9.17, 15) is 24.3 Å². The van der Waals surface area contributed by atoms with Crippen molar-refractivity contribution in [2.75, 3.05) is 21.3 Å². The van der Waals surface area contributed by atoms with E-state index in [1.807, 2.05) is 20.8 Å². The monoisotopic (exact) mass is 458 g/mol. The van der Waals surface area contributed by atoms with Gasteiger partial charge in [0.1, 0.15) is 12.2 Å². The Morgan fingerprint density at radius 3 is 2.09 bits per heavy atom. The number of ketones is 1. The molecular weight excluding hydrogens is 424 g/mol. The Labute approximate surface area is 188 Å². The molecule has 0 radical (unpaired) electrons. The van der Waals surface area contributed by atoms with Crippen LogP contribution < -0.4 is 0 Å². The summed E-state index contributed by atoms with van der Waals surface area (Å²) in [5, 5.41) is 11.5. The predicted molar refractivity (Wildman–Crippen MR) is 111 cm³/mol. The number of rotatable bonds is 10. The second kappa shape index (κ2) is 11.0. The van der Waals surface area contributed by atoms with E-state index >= 15 is 0 Å². The third kappa shape index (κ3) is 6.36. The molecule has 0 aromatic carbocycles. The second-order valence-electron chi connectivity index (χ2n) is 8.71. The van der Waals surface area contributed by atoms with Crippen molar-refractivity contribution in [1.82, 2.24) is 0 Å². The lowest BCUT2D eigenvalue weighted by Crippen LogP contribution is -2.59. The Morgan fingerprint density at radius 1 is 1.03 bits per heavy atom. The highest BCUT2D eigenvalue weighted by Crippen LogP contribution is 2.40. The number of hydrogen-bond donors (Lipinski definition) is 1. The van der Waals surface area contributed by atoms with E-state index in [4.69, 9.17) is 14.2 Å². The molecule has 0 aliphatic carbocycles. The number of ether oxygens (including phenoxy) is 5. The Balaban J connectivity index is 3.56. The summed E-state index contributed by atoms with van der Waals surface area (Å²) in [4.78, 5) is 50.3. The number of hydrogen-bond acceptors (Lipinski definition) is 10. The maximum Gasteiger partial charge on any atom is 0.345 e. The number of methoxy groups -OCH3 is 3. The quantitative estimate of drug-likeness (QED) is 0.290. The van der Waals surface area contributed by atoms with Gasteiger partial charge < -0.3 is 28.8 Å². The number of Topliss-reactive ketones (excluding diaryl/α,β-unsaturated/α-hetero) is 1. The lowest BCUT2D eigenvalue weighted by atomic mass is 9.81. The molecular formula is C22H34O10. The van der Waals surface area contributed by atoms with Crippen LogP contribution in [0, 0.1) is 11.8 Å². The van der Waals surface area contributed by atoms with Gasteiger partial charge in [0.25, 0.3) is 0 Å².